The lowest BCUT2D eigenvalue weighted by molar-refractivity contribution is 0.0976. The van der Waals surface area contributed by atoms with Gasteiger partial charge in [0.05, 0.1) is 16.7 Å². The van der Waals surface area contributed by atoms with Crippen molar-refractivity contribution < 1.29 is 19.4 Å². The van der Waals surface area contributed by atoms with E-state index >= 15 is 0 Å². The van der Waals surface area contributed by atoms with Gasteiger partial charge >= 0.3 is 0 Å². The van der Waals surface area contributed by atoms with E-state index < -0.39 is 5.78 Å². The maximum atomic E-state index is 13.0. The van der Waals surface area contributed by atoms with Crippen LogP contribution in [0.3, 0.4) is 0 Å². The van der Waals surface area contributed by atoms with Gasteiger partial charge in [0.2, 0.25) is 0 Å². The van der Waals surface area contributed by atoms with Crippen LogP contribution in [-0.4, -0.2) is 16.7 Å². The molecule has 0 unspecified atom stereocenters. The molecule has 0 saturated heterocycles. The largest absolute Gasteiger partial charge is 0.504 e. The summed E-state index contributed by atoms with van der Waals surface area (Å²) in [5, 5.41) is 28.5. The number of benzene rings is 3. The van der Waals surface area contributed by atoms with E-state index in [9.17, 15) is 14.7 Å². The van der Waals surface area contributed by atoms with Gasteiger partial charge in [-0.25, -0.2) is 0 Å². The van der Waals surface area contributed by atoms with Crippen LogP contribution in [0.2, 0.25) is 0 Å². The van der Waals surface area contributed by atoms with Crippen LogP contribution in [-0.2, 0) is 0 Å². The Bertz CT molecular complexity index is 1260. The second kappa shape index (κ2) is 6.39. The molecule has 0 heterocycles. The van der Waals surface area contributed by atoms with Crippen LogP contribution in [0.25, 0.3) is 0 Å². The molecule has 0 saturated carbocycles. The van der Waals surface area contributed by atoms with Gasteiger partial charge in [-0.15, -0.1) is 0 Å². The summed E-state index contributed by atoms with van der Waals surface area (Å²) < 4.78 is 5.70. The highest BCUT2D eigenvalue weighted by molar-refractivity contribution is 6.29. The highest BCUT2D eigenvalue weighted by atomic mass is 16.5. The molecule has 3 aromatic carbocycles. The Morgan fingerprint density at radius 1 is 0.786 bits per heavy atom. The number of rotatable bonds is 2. The van der Waals surface area contributed by atoms with E-state index in [0.29, 0.717) is 5.56 Å². The number of phenolic OH excluding ortho intramolecular Hbond substituents is 1. The fourth-order valence-electron chi connectivity index (χ4n) is 3.14. The lowest BCUT2D eigenvalue weighted by atomic mass is 9.83. The molecule has 6 heteroatoms. The number of fused-ring (bicyclic) bond motifs is 2. The molecule has 0 amide bonds. The van der Waals surface area contributed by atoms with E-state index in [4.69, 9.17) is 15.3 Å². The summed E-state index contributed by atoms with van der Waals surface area (Å²) in [5.74, 6) is -1.11. The van der Waals surface area contributed by atoms with Crippen LogP contribution in [0.1, 0.15) is 43.0 Å². The fraction of sp³-hybridized carbons (Fsp3) is 0. The van der Waals surface area contributed by atoms with Gasteiger partial charge in [-0.3, -0.25) is 9.59 Å². The smallest absolute Gasteiger partial charge is 0.198 e. The molecule has 0 bridgehead atoms. The third-order valence-corrected chi connectivity index (χ3v) is 4.48. The lowest BCUT2D eigenvalue weighted by Crippen LogP contribution is -2.21. The molecule has 0 aromatic heterocycles. The van der Waals surface area contributed by atoms with E-state index in [1.807, 2.05) is 12.1 Å². The Labute approximate surface area is 159 Å². The second-order valence-corrected chi connectivity index (χ2v) is 6.07. The van der Waals surface area contributed by atoms with Crippen LogP contribution >= 0.6 is 0 Å². The standard InChI is InChI=1S/C22H10N2O4/c23-10-12-5-6-14(9-13(12)11-24)28-22-18(25)8-7-17-19(22)21(27)16-4-2-1-3-15(16)20(17)26/h1-9,25H. The molecule has 1 aliphatic carbocycles. The molecule has 0 spiro atoms. The first kappa shape index (κ1) is 17.0. The zero-order valence-electron chi connectivity index (χ0n) is 14.3. The predicted molar refractivity (Wildman–Crippen MR) is 97.4 cm³/mol. The minimum atomic E-state index is -0.440. The number of phenols is 1. The highest BCUT2D eigenvalue weighted by Gasteiger charge is 2.33. The number of hydrogen-bond donors (Lipinski definition) is 1. The summed E-state index contributed by atoms with van der Waals surface area (Å²) in [6.45, 7) is 0. The van der Waals surface area contributed by atoms with Crippen molar-refractivity contribution in [2.75, 3.05) is 0 Å². The normalized spacial score (nSPS) is 11.8. The number of nitriles is 2. The molecular formula is C22H10N2O4. The third kappa shape index (κ3) is 2.49. The minimum Gasteiger partial charge on any atom is -0.504 e. The first-order chi connectivity index (χ1) is 13.5. The maximum Gasteiger partial charge on any atom is 0.198 e. The van der Waals surface area contributed by atoms with Gasteiger partial charge in [-0.2, -0.15) is 10.5 Å². The van der Waals surface area contributed by atoms with Crippen LogP contribution in [0.4, 0.5) is 0 Å². The van der Waals surface area contributed by atoms with Crippen molar-refractivity contribution in [1.82, 2.24) is 0 Å². The summed E-state index contributed by atoms with van der Waals surface area (Å²) in [5.41, 5.74) is 0.887. The van der Waals surface area contributed by atoms with Crippen molar-refractivity contribution in [1.29, 1.82) is 10.5 Å². The molecule has 28 heavy (non-hydrogen) atoms. The number of ketones is 2. The van der Waals surface area contributed by atoms with Gasteiger partial charge in [0.1, 0.15) is 17.9 Å². The Balaban J connectivity index is 1.87. The molecule has 4 rings (SSSR count). The van der Waals surface area contributed by atoms with Crippen LogP contribution in [0, 0.1) is 22.7 Å². The van der Waals surface area contributed by atoms with Crippen molar-refractivity contribution in [3.05, 3.63) is 88.0 Å². The molecular weight excluding hydrogens is 356 g/mol. The summed E-state index contributed by atoms with van der Waals surface area (Å²) in [4.78, 5) is 25.8. The van der Waals surface area contributed by atoms with E-state index in [0.717, 1.165) is 0 Å². The quantitative estimate of drug-likeness (QED) is 0.579. The number of hydrogen-bond acceptors (Lipinski definition) is 6. The number of aromatic hydroxyl groups is 1. The van der Waals surface area contributed by atoms with Crippen molar-refractivity contribution in [3.63, 3.8) is 0 Å². The highest BCUT2D eigenvalue weighted by Crippen LogP contribution is 2.41. The van der Waals surface area contributed by atoms with Gasteiger partial charge in [0.15, 0.2) is 23.1 Å². The summed E-state index contributed by atoms with van der Waals surface area (Å²) >= 11 is 0. The molecule has 0 fully saturated rings. The number of carbonyl (C=O) groups excluding carboxylic acids is 2. The Morgan fingerprint density at radius 3 is 2.14 bits per heavy atom. The lowest BCUT2D eigenvalue weighted by Gasteiger charge is -2.20. The third-order valence-electron chi connectivity index (χ3n) is 4.48. The van der Waals surface area contributed by atoms with Gasteiger partial charge in [0, 0.05) is 16.7 Å². The average Bonchev–Trinajstić information content (AvgIpc) is 2.73. The van der Waals surface area contributed by atoms with Crippen molar-refractivity contribution in [2.45, 2.75) is 0 Å². The minimum absolute atomic E-state index is 0.0356. The molecule has 132 valence electrons. The fourth-order valence-corrected chi connectivity index (χ4v) is 3.14. The molecule has 1 N–H and O–H groups in total. The summed E-state index contributed by atoms with van der Waals surface area (Å²) in [6.07, 6.45) is 0. The number of ether oxygens (including phenoxy) is 1. The summed E-state index contributed by atoms with van der Waals surface area (Å²) in [7, 11) is 0. The number of carbonyl (C=O) groups is 2. The van der Waals surface area contributed by atoms with Crippen molar-refractivity contribution >= 4 is 11.6 Å². The van der Waals surface area contributed by atoms with Crippen molar-refractivity contribution in [2.24, 2.45) is 0 Å². The maximum absolute atomic E-state index is 13.0. The van der Waals surface area contributed by atoms with Crippen LogP contribution in [0.5, 0.6) is 17.2 Å². The predicted octanol–water partition coefficient (Wildman–Crippen LogP) is 3.70. The SMILES string of the molecule is N#Cc1ccc(Oc2c(O)ccc3c2C(=O)c2ccccc2C3=O)cc1C#N. The molecule has 6 nitrogen and oxygen atoms in total. The molecule has 0 aliphatic heterocycles. The zero-order valence-corrected chi connectivity index (χ0v) is 14.3. The first-order valence-electron chi connectivity index (χ1n) is 8.21. The van der Waals surface area contributed by atoms with E-state index in [1.54, 1.807) is 24.3 Å². The Kier molecular flexibility index (Phi) is 3.88. The van der Waals surface area contributed by atoms with Crippen LogP contribution < -0.4 is 4.74 Å². The van der Waals surface area contributed by atoms with Crippen LogP contribution in [0.15, 0.2) is 54.6 Å². The van der Waals surface area contributed by atoms with E-state index in [1.165, 1.54) is 30.3 Å². The Hall–Kier alpha value is -4.42. The summed E-state index contributed by atoms with van der Waals surface area (Å²) in [6, 6.07) is 17.1. The van der Waals surface area contributed by atoms with Crippen molar-refractivity contribution in [3.8, 4) is 29.4 Å². The van der Waals surface area contributed by atoms with Gasteiger partial charge in [0.25, 0.3) is 0 Å². The Morgan fingerprint density at radius 2 is 1.46 bits per heavy atom. The zero-order chi connectivity index (χ0) is 19.8. The van der Waals surface area contributed by atoms with Gasteiger partial charge in [-0.1, -0.05) is 24.3 Å². The molecule has 3 aromatic rings. The molecule has 0 radical (unpaired) electrons. The first-order valence-corrected chi connectivity index (χ1v) is 8.21. The van der Waals surface area contributed by atoms with Gasteiger partial charge < -0.3 is 9.84 Å². The van der Waals surface area contributed by atoms with E-state index in [2.05, 4.69) is 0 Å². The van der Waals surface area contributed by atoms with Gasteiger partial charge in [-0.05, 0) is 30.3 Å². The average molecular weight is 366 g/mol. The second-order valence-electron chi connectivity index (χ2n) is 6.07. The molecule has 1 aliphatic rings. The topological polar surface area (TPSA) is 111 Å². The number of nitrogens with zero attached hydrogens (tertiary/aromatic N) is 2. The van der Waals surface area contributed by atoms with E-state index in [-0.39, 0.29) is 50.8 Å². The molecule has 0 atom stereocenters. The monoisotopic (exact) mass is 366 g/mol.